The average molecular weight is 342 g/mol. The van der Waals surface area contributed by atoms with Gasteiger partial charge in [0.1, 0.15) is 6.54 Å². The SMILES string of the molecule is CC[C@H](CNC(=O)Cn1nc(C)c2ccccc2c1=O)N1CCCC1. The monoisotopic (exact) mass is 342 g/mol. The molecular weight excluding hydrogens is 316 g/mol. The van der Waals surface area contributed by atoms with Crippen LogP contribution in [-0.4, -0.2) is 46.3 Å². The van der Waals surface area contributed by atoms with Crippen LogP contribution in [0.1, 0.15) is 31.9 Å². The number of fused-ring (bicyclic) bond motifs is 1. The number of carbonyl (C=O) groups is 1. The second kappa shape index (κ2) is 7.78. The molecule has 0 spiro atoms. The van der Waals surface area contributed by atoms with Crippen molar-refractivity contribution in [3.05, 3.63) is 40.3 Å². The maximum absolute atomic E-state index is 12.5. The van der Waals surface area contributed by atoms with E-state index in [2.05, 4.69) is 22.2 Å². The van der Waals surface area contributed by atoms with Gasteiger partial charge < -0.3 is 5.32 Å². The van der Waals surface area contributed by atoms with Crippen LogP contribution in [0.5, 0.6) is 0 Å². The van der Waals surface area contributed by atoms with Crippen molar-refractivity contribution in [2.75, 3.05) is 19.6 Å². The lowest BCUT2D eigenvalue weighted by Crippen LogP contribution is -2.43. The third-order valence-electron chi connectivity index (χ3n) is 5.01. The van der Waals surface area contributed by atoms with E-state index in [0.29, 0.717) is 18.0 Å². The molecule has 1 aliphatic heterocycles. The molecule has 1 aliphatic rings. The molecule has 1 N–H and O–H groups in total. The van der Waals surface area contributed by atoms with E-state index < -0.39 is 0 Å². The lowest BCUT2D eigenvalue weighted by molar-refractivity contribution is -0.122. The number of aryl methyl sites for hydroxylation is 1. The van der Waals surface area contributed by atoms with Crippen molar-refractivity contribution < 1.29 is 4.79 Å². The fourth-order valence-corrected chi connectivity index (χ4v) is 3.57. The van der Waals surface area contributed by atoms with Gasteiger partial charge in [-0.3, -0.25) is 14.5 Å². The molecule has 0 bridgehead atoms. The first kappa shape index (κ1) is 17.6. The van der Waals surface area contributed by atoms with E-state index in [0.717, 1.165) is 30.6 Å². The van der Waals surface area contributed by atoms with E-state index in [-0.39, 0.29) is 18.0 Å². The summed E-state index contributed by atoms with van der Waals surface area (Å²) in [6.45, 7) is 6.81. The Morgan fingerprint density at radius 1 is 1.24 bits per heavy atom. The lowest BCUT2D eigenvalue weighted by atomic mass is 10.1. The number of nitrogens with zero attached hydrogens (tertiary/aromatic N) is 3. The molecule has 134 valence electrons. The first-order chi connectivity index (χ1) is 12.1. The molecule has 1 aromatic carbocycles. The van der Waals surface area contributed by atoms with Gasteiger partial charge in [0.05, 0.1) is 11.1 Å². The number of rotatable bonds is 6. The van der Waals surface area contributed by atoms with E-state index in [4.69, 9.17) is 0 Å². The normalized spacial score (nSPS) is 16.2. The van der Waals surface area contributed by atoms with Crippen molar-refractivity contribution in [1.82, 2.24) is 20.0 Å². The summed E-state index contributed by atoms with van der Waals surface area (Å²) in [4.78, 5) is 27.3. The maximum Gasteiger partial charge on any atom is 0.275 e. The summed E-state index contributed by atoms with van der Waals surface area (Å²) >= 11 is 0. The van der Waals surface area contributed by atoms with Gasteiger partial charge in [-0.25, -0.2) is 4.68 Å². The second-order valence-corrected chi connectivity index (χ2v) is 6.70. The molecule has 6 heteroatoms. The van der Waals surface area contributed by atoms with Crippen LogP contribution in [0, 0.1) is 6.92 Å². The first-order valence-electron chi connectivity index (χ1n) is 9.07. The Kier molecular flexibility index (Phi) is 5.48. The smallest absolute Gasteiger partial charge is 0.275 e. The molecule has 2 aromatic rings. The summed E-state index contributed by atoms with van der Waals surface area (Å²) in [6.07, 6.45) is 3.48. The van der Waals surface area contributed by atoms with E-state index in [9.17, 15) is 9.59 Å². The predicted octanol–water partition coefficient (Wildman–Crippen LogP) is 1.70. The van der Waals surface area contributed by atoms with Crippen molar-refractivity contribution in [3.8, 4) is 0 Å². The fraction of sp³-hybridized carbons (Fsp3) is 0.526. The Morgan fingerprint density at radius 3 is 2.60 bits per heavy atom. The highest BCUT2D eigenvalue weighted by molar-refractivity contribution is 5.83. The quantitative estimate of drug-likeness (QED) is 0.868. The van der Waals surface area contributed by atoms with Gasteiger partial charge >= 0.3 is 0 Å². The standard InChI is InChI=1S/C19H26N4O2/c1-3-15(22-10-6-7-11-22)12-20-18(24)13-23-19(25)17-9-5-4-8-16(17)14(2)21-23/h4-5,8-9,15H,3,6-7,10-13H2,1-2H3,(H,20,24)/t15-/m1/s1. The Bertz CT molecular complexity index is 809. The summed E-state index contributed by atoms with van der Waals surface area (Å²) in [7, 11) is 0. The molecule has 0 radical (unpaired) electrons. The third-order valence-corrected chi connectivity index (χ3v) is 5.01. The second-order valence-electron chi connectivity index (χ2n) is 6.70. The molecule has 0 aliphatic carbocycles. The number of hydrogen-bond donors (Lipinski definition) is 1. The fourth-order valence-electron chi connectivity index (χ4n) is 3.57. The highest BCUT2D eigenvalue weighted by Crippen LogP contribution is 2.13. The minimum Gasteiger partial charge on any atom is -0.353 e. The molecular formula is C19H26N4O2. The Labute approximate surface area is 147 Å². The van der Waals surface area contributed by atoms with Crippen molar-refractivity contribution in [3.63, 3.8) is 0 Å². The van der Waals surface area contributed by atoms with Crippen LogP contribution in [0.25, 0.3) is 10.8 Å². The highest BCUT2D eigenvalue weighted by Gasteiger charge is 2.21. The summed E-state index contributed by atoms with van der Waals surface area (Å²) < 4.78 is 1.27. The van der Waals surface area contributed by atoms with Crippen LogP contribution in [0.15, 0.2) is 29.1 Å². The van der Waals surface area contributed by atoms with Crippen molar-refractivity contribution >= 4 is 16.7 Å². The first-order valence-corrected chi connectivity index (χ1v) is 9.07. The Hall–Kier alpha value is -2.21. The zero-order valence-corrected chi connectivity index (χ0v) is 15.0. The minimum absolute atomic E-state index is 0.0407. The molecule has 6 nitrogen and oxygen atoms in total. The summed E-state index contributed by atoms with van der Waals surface area (Å²) in [5.74, 6) is -0.165. The van der Waals surface area contributed by atoms with Gasteiger partial charge in [0.15, 0.2) is 0 Å². The predicted molar refractivity (Wildman–Crippen MR) is 98.6 cm³/mol. The van der Waals surface area contributed by atoms with Gasteiger partial charge in [0, 0.05) is 18.0 Å². The zero-order valence-electron chi connectivity index (χ0n) is 15.0. The molecule has 1 saturated heterocycles. The van der Waals surface area contributed by atoms with Gasteiger partial charge in [0.25, 0.3) is 5.56 Å². The van der Waals surface area contributed by atoms with E-state index in [1.807, 2.05) is 25.1 Å². The summed E-state index contributed by atoms with van der Waals surface area (Å²) in [5.41, 5.74) is 0.537. The number of carbonyl (C=O) groups excluding carboxylic acids is 1. The maximum atomic E-state index is 12.5. The molecule has 1 fully saturated rings. The van der Waals surface area contributed by atoms with Crippen LogP contribution in [0.4, 0.5) is 0 Å². The molecule has 2 heterocycles. The number of amides is 1. The largest absolute Gasteiger partial charge is 0.353 e. The van der Waals surface area contributed by atoms with Crippen LogP contribution < -0.4 is 10.9 Å². The van der Waals surface area contributed by atoms with E-state index in [1.165, 1.54) is 17.5 Å². The van der Waals surface area contributed by atoms with E-state index >= 15 is 0 Å². The number of aromatic nitrogens is 2. The van der Waals surface area contributed by atoms with Crippen LogP contribution in [0.2, 0.25) is 0 Å². The van der Waals surface area contributed by atoms with Gasteiger partial charge in [-0.1, -0.05) is 25.1 Å². The van der Waals surface area contributed by atoms with Crippen LogP contribution >= 0.6 is 0 Å². The van der Waals surface area contributed by atoms with Gasteiger partial charge in [-0.2, -0.15) is 5.10 Å². The lowest BCUT2D eigenvalue weighted by Gasteiger charge is -2.26. The van der Waals surface area contributed by atoms with Crippen molar-refractivity contribution in [2.45, 2.75) is 45.7 Å². The molecule has 1 aromatic heterocycles. The van der Waals surface area contributed by atoms with Gasteiger partial charge in [0.2, 0.25) is 5.91 Å². The number of benzene rings is 1. The molecule has 0 unspecified atom stereocenters. The van der Waals surface area contributed by atoms with Crippen LogP contribution in [0.3, 0.4) is 0 Å². The number of likely N-dealkylation sites (tertiary alicyclic amines) is 1. The van der Waals surface area contributed by atoms with Crippen molar-refractivity contribution in [2.24, 2.45) is 0 Å². The summed E-state index contributed by atoms with van der Waals surface area (Å²) in [6, 6.07) is 7.74. The Morgan fingerprint density at radius 2 is 1.92 bits per heavy atom. The topological polar surface area (TPSA) is 67.2 Å². The number of hydrogen-bond acceptors (Lipinski definition) is 4. The highest BCUT2D eigenvalue weighted by atomic mass is 16.2. The van der Waals surface area contributed by atoms with Crippen molar-refractivity contribution in [1.29, 1.82) is 0 Å². The summed E-state index contributed by atoms with van der Waals surface area (Å²) in [5, 5.41) is 8.71. The van der Waals surface area contributed by atoms with Gasteiger partial charge in [-0.05, 0) is 45.3 Å². The molecule has 1 atom stereocenters. The molecule has 25 heavy (non-hydrogen) atoms. The molecule has 1 amide bonds. The van der Waals surface area contributed by atoms with Crippen LogP contribution in [-0.2, 0) is 11.3 Å². The average Bonchev–Trinajstić information content (AvgIpc) is 3.14. The minimum atomic E-state index is -0.220. The Balaban J connectivity index is 1.67. The third kappa shape index (κ3) is 3.90. The molecule has 3 rings (SSSR count). The molecule has 0 saturated carbocycles. The zero-order chi connectivity index (χ0) is 17.8. The van der Waals surface area contributed by atoms with Gasteiger partial charge in [-0.15, -0.1) is 0 Å². The van der Waals surface area contributed by atoms with E-state index in [1.54, 1.807) is 6.07 Å². The number of nitrogens with one attached hydrogen (secondary N) is 1.